The van der Waals surface area contributed by atoms with Crippen molar-refractivity contribution in [1.82, 2.24) is 15.0 Å². The van der Waals surface area contributed by atoms with Crippen LogP contribution in [0.4, 0.5) is 5.82 Å². The third-order valence-electron chi connectivity index (χ3n) is 4.37. The second kappa shape index (κ2) is 7.95. The average molecular weight is 348 g/mol. The maximum absolute atomic E-state index is 5.23. The lowest BCUT2D eigenvalue weighted by atomic mass is 10.0. The number of methoxy groups -OCH3 is 1. The molecule has 0 fully saturated rings. The molecular weight excluding hydrogens is 324 g/mol. The fourth-order valence-corrected chi connectivity index (χ4v) is 2.93. The molecule has 0 saturated heterocycles. The Morgan fingerprint density at radius 1 is 0.885 bits per heavy atom. The van der Waals surface area contributed by atoms with E-state index in [1.807, 2.05) is 49.6 Å². The minimum atomic E-state index is 0.763. The van der Waals surface area contributed by atoms with Crippen molar-refractivity contribution in [2.24, 2.45) is 0 Å². The summed E-state index contributed by atoms with van der Waals surface area (Å²) >= 11 is 0. The molecule has 26 heavy (non-hydrogen) atoms. The zero-order chi connectivity index (χ0) is 18.5. The van der Waals surface area contributed by atoms with Gasteiger partial charge in [0.1, 0.15) is 17.4 Å². The second-order valence-corrected chi connectivity index (χ2v) is 6.02. The molecule has 0 atom stereocenters. The zero-order valence-electron chi connectivity index (χ0n) is 15.7. The van der Waals surface area contributed by atoms with Gasteiger partial charge < -0.3 is 9.64 Å². The Bertz CT molecular complexity index is 873. The van der Waals surface area contributed by atoms with E-state index in [0.717, 1.165) is 52.9 Å². The van der Waals surface area contributed by atoms with Crippen LogP contribution in [0, 0.1) is 6.92 Å². The fraction of sp³-hybridized carbons (Fsp3) is 0.286. The topological polar surface area (TPSA) is 51.1 Å². The highest BCUT2D eigenvalue weighted by molar-refractivity contribution is 5.71. The third kappa shape index (κ3) is 3.82. The maximum Gasteiger partial charge on any atom is 0.132 e. The quantitative estimate of drug-likeness (QED) is 0.662. The van der Waals surface area contributed by atoms with Crippen molar-refractivity contribution in [2.75, 3.05) is 25.1 Å². The summed E-state index contributed by atoms with van der Waals surface area (Å²) in [5.74, 6) is 2.56. The number of benzene rings is 1. The lowest BCUT2D eigenvalue weighted by Crippen LogP contribution is -2.23. The van der Waals surface area contributed by atoms with Gasteiger partial charge in [0.15, 0.2) is 0 Å². The van der Waals surface area contributed by atoms with Crippen molar-refractivity contribution in [1.29, 1.82) is 0 Å². The Kier molecular flexibility index (Phi) is 5.46. The molecule has 5 nitrogen and oxygen atoms in total. The van der Waals surface area contributed by atoms with E-state index in [0.29, 0.717) is 0 Å². The first-order chi connectivity index (χ1) is 12.6. The van der Waals surface area contributed by atoms with Crippen LogP contribution >= 0.6 is 0 Å². The third-order valence-corrected chi connectivity index (χ3v) is 4.37. The van der Waals surface area contributed by atoms with Crippen molar-refractivity contribution in [2.45, 2.75) is 20.8 Å². The second-order valence-electron chi connectivity index (χ2n) is 6.02. The number of aryl methyl sites for hydroxylation is 1. The van der Waals surface area contributed by atoms with Crippen LogP contribution in [-0.2, 0) is 0 Å². The van der Waals surface area contributed by atoms with Crippen LogP contribution in [0.1, 0.15) is 19.7 Å². The molecule has 1 aromatic carbocycles. The van der Waals surface area contributed by atoms with E-state index < -0.39 is 0 Å². The lowest BCUT2D eigenvalue weighted by molar-refractivity contribution is 0.415. The number of anilines is 1. The van der Waals surface area contributed by atoms with Crippen molar-refractivity contribution in [3.63, 3.8) is 0 Å². The minimum absolute atomic E-state index is 0.763. The Hall–Kier alpha value is -2.95. The molecule has 0 aliphatic heterocycles. The Balaban J connectivity index is 1.99. The smallest absolute Gasteiger partial charge is 0.132 e. The van der Waals surface area contributed by atoms with E-state index in [1.54, 1.807) is 7.11 Å². The largest absolute Gasteiger partial charge is 0.497 e. The molecule has 3 rings (SSSR count). The molecule has 2 heterocycles. The summed E-state index contributed by atoms with van der Waals surface area (Å²) in [6.45, 7) is 8.02. The molecule has 0 bridgehead atoms. The average Bonchev–Trinajstić information content (AvgIpc) is 2.69. The van der Waals surface area contributed by atoms with Crippen molar-refractivity contribution in [3.05, 3.63) is 54.6 Å². The SMILES string of the molecule is CCN(CC)c1cc(-c2cncc(-c3ccc(OC)cc3)c2)nc(C)n1. The highest BCUT2D eigenvalue weighted by Crippen LogP contribution is 2.27. The van der Waals surface area contributed by atoms with Crippen molar-refractivity contribution >= 4 is 5.82 Å². The molecule has 0 N–H and O–H groups in total. The zero-order valence-corrected chi connectivity index (χ0v) is 15.7. The summed E-state index contributed by atoms with van der Waals surface area (Å²) in [6.07, 6.45) is 3.71. The fourth-order valence-electron chi connectivity index (χ4n) is 2.93. The lowest BCUT2D eigenvalue weighted by Gasteiger charge is -2.20. The van der Waals surface area contributed by atoms with E-state index >= 15 is 0 Å². The van der Waals surface area contributed by atoms with Crippen LogP contribution < -0.4 is 9.64 Å². The van der Waals surface area contributed by atoms with Gasteiger partial charge in [-0.3, -0.25) is 4.98 Å². The van der Waals surface area contributed by atoms with E-state index in [1.165, 1.54) is 0 Å². The van der Waals surface area contributed by atoms with Gasteiger partial charge in [-0.15, -0.1) is 0 Å². The summed E-state index contributed by atoms with van der Waals surface area (Å²) in [5.41, 5.74) is 4.01. The van der Waals surface area contributed by atoms with Gasteiger partial charge in [-0.05, 0) is 44.5 Å². The van der Waals surface area contributed by atoms with E-state index in [9.17, 15) is 0 Å². The van der Waals surface area contributed by atoms with Crippen LogP contribution in [0.5, 0.6) is 5.75 Å². The van der Waals surface area contributed by atoms with Gasteiger partial charge in [-0.2, -0.15) is 0 Å². The number of nitrogens with zero attached hydrogens (tertiary/aromatic N) is 4. The molecule has 0 amide bonds. The Labute approximate surface area is 154 Å². The molecule has 5 heteroatoms. The monoisotopic (exact) mass is 348 g/mol. The molecule has 0 saturated carbocycles. The number of pyridine rings is 1. The highest BCUT2D eigenvalue weighted by atomic mass is 16.5. The number of ether oxygens (including phenoxy) is 1. The van der Waals surface area contributed by atoms with Crippen LogP contribution in [0.25, 0.3) is 22.4 Å². The molecule has 0 aliphatic rings. The van der Waals surface area contributed by atoms with Gasteiger partial charge in [0.25, 0.3) is 0 Å². The van der Waals surface area contributed by atoms with E-state index in [2.05, 4.69) is 39.8 Å². The standard InChI is InChI=1S/C21H24N4O/c1-5-25(6-2)21-12-20(23-15(3)24-21)18-11-17(13-22-14-18)16-7-9-19(26-4)10-8-16/h7-14H,5-6H2,1-4H3. The van der Waals surface area contributed by atoms with Gasteiger partial charge in [-0.1, -0.05) is 12.1 Å². The van der Waals surface area contributed by atoms with Crippen LogP contribution in [0.2, 0.25) is 0 Å². The summed E-state index contributed by atoms with van der Waals surface area (Å²) < 4.78 is 5.23. The van der Waals surface area contributed by atoms with Crippen LogP contribution in [-0.4, -0.2) is 35.2 Å². The molecule has 0 aliphatic carbocycles. The summed E-state index contributed by atoms with van der Waals surface area (Å²) in [4.78, 5) is 15.8. The van der Waals surface area contributed by atoms with Gasteiger partial charge >= 0.3 is 0 Å². The molecule has 3 aromatic rings. The molecular formula is C21H24N4O. The van der Waals surface area contributed by atoms with Gasteiger partial charge in [0, 0.05) is 42.7 Å². The molecule has 0 radical (unpaired) electrons. The number of hydrogen-bond donors (Lipinski definition) is 0. The highest BCUT2D eigenvalue weighted by Gasteiger charge is 2.10. The Morgan fingerprint density at radius 3 is 2.23 bits per heavy atom. The number of rotatable bonds is 6. The summed E-state index contributed by atoms with van der Waals surface area (Å²) in [5, 5.41) is 0. The molecule has 0 spiro atoms. The maximum atomic E-state index is 5.23. The molecule has 2 aromatic heterocycles. The van der Waals surface area contributed by atoms with Crippen molar-refractivity contribution < 1.29 is 4.74 Å². The summed E-state index contributed by atoms with van der Waals surface area (Å²) in [7, 11) is 1.67. The first-order valence-electron chi connectivity index (χ1n) is 8.85. The number of hydrogen-bond acceptors (Lipinski definition) is 5. The molecule has 0 unspecified atom stereocenters. The predicted octanol–water partition coefficient (Wildman–Crippen LogP) is 4.37. The Morgan fingerprint density at radius 2 is 1.58 bits per heavy atom. The predicted molar refractivity (Wildman–Crippen MR) is 106 cm³/mol. The molecule has 134 valence electrons. The van der Waals surface area contributed by atoms with E-state index in [4.69, 9.17) is 4.74 Å². The van der Waals surface area contributed by atoms with Crippen LogP contribution in [0.15, 0.2) is 48.8 Å². The summed E-state index contributed by atoms with van der Waals surface area (Å²) in [6, 6.07) is 12.1. The van der Waals surface area contributed by atoms with Crippen molar-refractivity contribution in [3.8, 4) is 28.1 Å². The minimum Gasteiger partial charge on any atom is -0.497 e. The first-order valence-corrected chi connectivity index (χ1v) is 8.85. The first kappa shape index (κ1) is 17.9. The van der Waals surface area contributed by atoms with Gasteiger partial charge in [0.2, 0.25) is 0 Å². The van der Waals surface area contributed by atoms with Gasteiger partial charge in [-0.25, -0.2) is 9.97 Å². The van der Waals surface area contributed by atoms with Crippen LogP contribution in [0.3, 0.4) is 0 Å². The normalized spacial score (nSPS) is 10.6. The number of aromatic nitrogens is 3. The van der Waals surface area contributed by atoms with Gasteiger partial charge in [0.05, 0.1) is 12.8 Å². The van der Waals surface area contributed by atoms with E-state index in [-0.39, 0.29) is 0 Å².